The number of rotatable bonds is 4. The third-order valence-corrected chi connectivity index (χ3v) is 4.10. The topological polar surface area (TPSA) is 29.5 Å². The fourth-order valence-electron chi connectivity index (χ4n) is 2.90. The van der Waals surface area contributed by atoms with E-state index < -0.39 is 5.60 Å². The lowest BCUT2D eigenvalue weighted by Gasteiger charge is -2.36. The van der Waals surface area contributed by atoms with Crippen LogP contribution in [0.5, 0.6) is 0 Å². The number of hydrogen-bond acceptors (Lipinski definition) is 2. The second-order valence-corrected chi connectivity index (χ2v) is 5.42. The zero-order valence-electron chi connectivity index (χ0n) is 11.5. The molecule has 1 fully saturated rings. The lowest BCUT2D eigenvalue weighted by atomic mass is 9.78. The predicted molar refractivity (Wildman–Crippen MR) is 73.6 cm³/mol. The number of methoxy groups -OCH3 is 1. The monoisotopic (exact) mass is 248 g/mol. The minimum Gasteiger partial charge on any atom is -0.385 e. The lowest BCUT2D eigenvalue weighted by molar-refractivity contribution is -0.0474. The fraction of sp³-hybridized carbons (Fsp3) is 0.625. The van der Waals surface area contributed by atoms with Crippen molar-refractivity contribution in [2.45, 2.75) is 57.2 Å². The molecule has 1 aromatic rings. The first-order valence-corrected chi connectivity index (χ1v) is 7.02. The molecule has 0 radical (unpaired) electrons. The van der Waals surface area contributed by atoms with Crippen molar-refractivity contribution in [3.05, 3.63) is 35.4 Å². The summed E-state index contributed by atoms with van der Waals surface area (Å²) >= 11 is 0. The van der Waals surface area contributed by atoms with E-state index in [2.05, 4.69) is 31.2 Å². The summed E-state index contributed by atoms with van der Waals surface area (Å²) in [6.07, 6.45) is 6.07. The van der Waals surface area contributed by atoms with E-state index in [-0.39, 0.29) is 0 Å². The van der Waals surface area contributed by atoms with Gasteiger partial charge in [0.1, 0.15) is 0 Å². The highest BCUT2D eigenvalue weighted by Gasteiger charge is 2.34. The van der Waals surface area contributed by atoms with Crippen LogP contribution < -0.4 is 0 Å². The molecule has 0 bridgehead atoms. The Hall–Kier alpha value is -0.860. The number of hydrogen-bond donors (Lipinski definition) is 1. The van der Waals surface area contributed by atoms with Crippen LogP contribution in [0.4, 0.5) is 0 Å². The second-order valence-electron chi connectivity index (χ2n) is 5.42. The zero-order chi connectivity index (χ0) is 13.0. The molecule has 0 saturated heterocycles. The van der Waals surface area contributed by atoms with E-state index in [9.17, 15) is 5.11 Å². The van der Waals surface area contributed by atoms with Crippen molar-refractivity contribution in [3.8, 4) is 0 Å². The van der Waals surface area contributed by atoms with Gasteiger partial charge < -0.3 is 9.84 Å². The summed E-state index contributed by atoms with van der Waals surface area (Å²) in [6, 6.07) is 8.46. The molecule has 1 aliphatic carbocycles. The van der Waals surface area contributed by atoms with Crippen molar-refractivity contribution in [2.75, 3.05) is 7.11 Å². The summed E-state index contributed by atoms with van der Waals surface area (Å²) in [5.41, 5.74) is 1.78. The molecule has 2 nitrogen and oxygen atoms in total. The van der Waals surface area contributed by atoms with Crippen molar-refractivity contribution in [2.24, 2.45) is 0 Å². The van der Waals surface area contributed by atoms with Gasteiger partial charge in [0.05, 0.1) is 11.7 Å². The van der Waals surface area contributed by atoms with Crippen molar-refractivity contribution in [1.82, 2.24) is 0 Å². The molecular weight excluding hydrogens is 224 g/mol. The minimum absolute atomic E-state index is 0.323. The van der Waals surface area contributed by atoms with Crippen LogP contribution in [0, 0.1) is 0 Å². The van der Waals surface area contributed by atoms with Crippen molar-refractivity contribution in [1.29, 1.82) is 0 Å². The molecule has 0 atom stereocenters. The number of aliphatic hydroxyl groups is 1. The summed E-state index contributed by atoms with van der Waals surface area (Å²) in [7, 11) is 1.76. The quantitative estimate of drug-likeness (QED) is 0.884. The van der Waals surface area contributed by atoms with Gasteiger partial charge >= 0.3 is 0 Å². The Morgan fingerprint density at radius 2 is 2.06 bits per heavy atom. The largest absolute Gasteiger partial charge is 0.385 e. The third kappa shape index (κ3) is 2.93. The standard InChI is InChI=1S/C16H24O2/c1-3-5-13-6-4-7-14(12-13)16(17)10-8-15(18-2)9-11-16/h4,6-7,12,15,17H,3,5,8-11H2,1-2H3. The zero-order valence-corrected chi connectivity index (χ0v) is 11.5. The van der Waals surface area contributed by atoms with Gasteiger partial charge in [-0.05, 0) is 43.2 Å². The van der Waals surface area contributed by atoms with Gasteiger partial charge in [0, 0.05) is 7.11 Å². The Bertz CT molecular complexity index is 378. The number of benzene rings is 1. The summed E-state index contributed by atoms with van der Waals surface area (Å²) in [6.45, 7) is 2.19. The smallest absolute Gasteiger partial charge is 0.0898 e. The molecule has 0 unspecified atom stereocenters. The van der Waals surface area contributed by atoms with Crippen LogP contribution in [-0.2, 0) is 16.8 Å². The molecule has 1 aliphatic rings. The highest BCUT2D eigenvalue weighted by atomic mass is 16.5. The van der Waals surface area contributed by atoms with Gasteiger partial charge in [-0.1, -0.05) is 37.6 Å². The maximum Gasteiger partial charge on any atom is 0.0898 e. The van der Waals surface area contributed by atoms with Gasteiger partial charge in [0.25, 0.3) is 0 Å². The Kier molecular flexibility index (Phi) is 4.41. The molecule has 1 aromatic carbocycles. The van der Waals surface area contributed by atoms with Crippen molar-refractivity contribution in [3.63, 3.8) is 0 Å². The van der Waals surface area contributed by atoms with Crippen LogP contribution in [0.2, 0.25) is 0 Å². The molecule has 0 aromatic heterocycles. The van der Waals surface area contributed by atoms with Crippen molar-refractivity contribution >= 4 is 0 Å². The van der Waals surface area contributed by atoms with Crippen LogP contribution in [0.1, 0.15) is 50.2 Å². The van der Waals surface area contributed by atoms with Crippen LogP contribution in [-0.4, -0.2) is 18.3 Å². The van der Waals surface area contributed by atoms with Gasteiger partial charge in [0.2, 0.25) is 0 Å². The van der Waals surface area contributed by atoms with E-state index in [0.29, 0.717) is 6.10 Å². The van der Waals surface area contributed by atoms with E-state index in [4.69, 9.17) is 4.74 Å². The maximum atomic E-state index is 10.8. The molecule has 0 spiro atoms. The van der Waals surface area contributed by atoms with Gasteiger partial charge in [-0.3, -0.25) is 0 Å². The molecule has 18 heavy (non-hydrogen) atoms. The Morgan fingerprint density at radius 1 is 1.33 bits per heavy atom. The second kappa shape index (κ2) is 5.85. The molecule has 0 aliphatic heterocycles. The molecule has 0 heterocycles. The highest BCUT2D eigenvalue weighted by Crippen LogP contribution is 2.38. The summed E-state index contributed by atoms with van der Waals surface area (Å²) in [5, 5.41) is 10.8. The Balaban J connectivity index is 2.12. The van der Waals surface area contributed by atoms with Crippen LogP contribution in [0.3, 0.4) is 0 Å². The summed E-state index contributed by atoms with van der Waals surface area (Å²) in [5.74, 6) is 0. The first-order valence-electron chi connectivity index (χ1n) is 7.02. The van der Waals surface area contributed by atoms with Crippen molar-refractivity contribution < 1.29 is 9.84 Å². The summed E-state index contributed by atoms with van der Waals surface area (Å²) in [4.78, 5) is 0. The maximum absolute atomic E-state index is 10.8. The molecule has 0 amide bonds. The number of aryl methyl sites for hydroxylation is 1. The average Bonchev–Trinajstić information content (AvgIpc) is 2.40. The summed E-state index contributed by atoms with van der Waals surface area (Å²) < 4.78 is 5.37. The Morgan fingerprint density at radius 3 is 2.67 bits per heavy atom. The van der Waals surface area contributed by atoms with Gasteiger partial charge in [-0.15, -0.1) is 0 Å². The lowest BCUT2D eigenvalue weighted by Crippen LogP contribution is -2.34. The molecule has 2 heteroatoms. The average molecular weight is 248 g/mol. The number of ether oxygens (including phenoxy) is 1. The predicted octanol–water partition coefficient (Wildman–Crippen LogP) is 3.42. The normalized spacial score (nSPS) is 28.3. The molecule has 1 saturated carbocycles. The first-order chi connectivity index (χ1) is 8.68. The molecule has 2 rings (SSSR count). The van der Waals surface area contributed by atoms with Crippen LogP contribution >= 0.6 is 0 Å². The van der Waals surface area contributed by atoms with Gasteiger partial charge in [-0.2, -0.15) is 0 Å². The van der Waals surface area contributed by atoms with Crippen LogP contribution in [0.15, 0.2) is 24.3 Å². The van der Waals surface area contributed by atoms with E-state index in [0.717, 1.165) is 44.1 Å². The molecular formula is C16H24O2. The minimum atomic E-state index is -0.640. The van der Waals surface area contributed by atoms with Gasteiger partial charge in [-0.25, -0.2) is 0 Å². The SMILES string of the molecule is CCCc1cccc(C2(O)CCC(OC)CC2)c1. The van der Waals surface area contributed by atoms with Gasteiger partial charge in [0.15, 0.2) is 0 Å². The van der Waals surface area contributed by atoms with Crippen LogP contribution in [0.25, 0.3) is 0 Å². The van der Waals surface area contributed by atoms with E-state index in [1.54, 1.807) is 7.11 Å². The van der Waals surface area contributed by atoms with E-state index in [1.807, 2.05) is 0 Å². The Labute approximate surface area is 110 Å². The van der Waals surface area contributed by atoms with E-state index >= 15 is 0 Å². The highest BCUT2D eigenvalue weighted by molar-refractivity contribution is 5.29. The fourth-order valence-corrected chi connectivity index (χ4v) is 2.90. The molecule has 1 N–H and O–H groups in total. The van der Waals surface area contributed by atoms with E-state index in [1.165, 1.54) is 5.56 Å². The molecule has 100 valence electrons. The third-order valence-electron chi connectivity index (χ3n) is 4.10. The first kappa shape index (κ1) is 13.6.